The number of nitrogens with zero attached hydrogens (tertiary/aromatic N) is 3. The van der Waals surface area contributed by atoms with E-state index >= 15 is 0 Å². The van der Waals surface area contributed by atoms with E-state index in [1.165, 1.54) is 5.56 Å². The topological polar surface area (TPSA) is 36.4 Å². The number of hydrogen-bond acceptors (Lipinski definition) is 4. The Bertz CT molecular complexity index is 600. The molecular weight excluding hydrogens is 294 g/mol. The van der Waals surface area contributed by atoms with Gasteiger partial charge in [0.25, 0.3) is 0 Å². The Morgan fingerprint density at radius 3 is 2.82 bits per heavy atom. The molecule has 2 aromatic rings. The standard InChI is InChI=1S/C17H21N3OS/c1-14-13-19(17-18-9-12-22-17)10-11-20(14)16(21)8-7-15-5-3-2-4-6-15/h2-6,9,12,14H,7-8,10-11,13H2,1H3/t14-/m0/s1. The normalized spacial score (nSPS) is 18.5. The maximum absolute atomic E-state index is 12.5. The van der Waals surface area contributed by atoms with Crippen LogP contribution >= 0.6 is 11.3 Å². The maximum atomic E-state index is 12.5. The van der Waals surface area contributed by atoms with Crippen molar-refractivity contribution >= 4 is 22.4 Å². The number of carbonyl (C=O) groups is 1. The summed E-state index contributed by atoms with van der Waals surface area (Å²) < 4.78 is 0. The first-order valence-corrected chi connectivity index (χ1v) is 8.60. The molecule has 116 valence electrons. The minimum Gasteiger partial charge on any atom is -0.344 e. The highest BCUT2D eigenvalue weighted by Gasteiger charge is 2.27. The van der Waals surface area contributed by atoms with Gasteiger partial charge in [0, 0.05) is 43.7 Å². The molecule has 1 fully saturated rings. The van der Waals surface area contributed by atoms with Crippen LogP contribution in [0.4, 0.5) is 5.13 Å². The Kier molecular flexibility index (Phi) is 4.73. The average molecular weight is 315 g/mol. The Balaban J connectivity index is 1.53. The quantitative estimate of drug-likeness (QED) is 0.870. The summed E-state index contributed by atoms with van der Waals surface area (Å²) >= 11 is 1.66. The smallest absolute Gasteiger partial charge is 0.223 e. The number of thiazole rings is 1. The van der Waals surface area contributed by atoms with Crippen molar-refractivity contribution in [2.45, 2.75) is 25.8 Å². The Morgan fingerprint density at radius 2 is 2.14 bits per heavy atom. The molecule has 1 aromatic carbocycles. The van der Waals surface area contributed by atoms with Crippen molar-refractivity contribution in [2.24, 2.45) is 0 Å². The van der Waals surface area contributed by atoms with E-state index in [4.69, 9.17) is 0 Å². The van der Waals surface area contributed by atoms with E-state index in [2.05, 4.69) is 28.9 Å². The second-order valence-electron chi connectivity index (χ2n) is 5.68. The van der Waals surface area contributed by atoms with Gasteiger partial charge in [-0.3, -0.25) is 4.79 Å². The largest absolute Gasteiger partial charge is 0.344 e. The molecule has 1 amide bonds. The molecule has 0 spiro atoms. The summed E-state index contributed by atoms with van der Waals surface area (Å²) in [5.74, 6) is 0.259. The van der Waals surface area contributed by atoms with Crippen LogP contribution < -0.4 is 4.90 Å². The molecule has 0 radical (unpaired) electrons. The van der Waals surface area contributed by atoms with Gasteiger partial charge in [0.2, 0.25) is 5.91 Å². The van der Waals surface area contributed by atoms with E-state index in [1.807, 2.05) is 34.7 Å². The molecule has 22 heavy (non-hydrogen) atoms. The molecule has 3 rings (SSSR count). The van der Waals surface area contributed by atoms with Crippen LogP contribution in [0.2, 0.25) is 0 Å². The lowest BCUT2D eigenvalue weighted by molar-refractivity contribution is -0.133. The average Bonchev–Trinajstić information content (AvgIpc) is 3.08. The molecule has 0 bridgehead atoms. The summed E-state index contributed by atoms with van der Waals surface area (Å²) in [6.07, 6.45) is 3.24. The molecule has 2 heterocycles. The fourth-order valence-electron chi connectivity index (χ4n) is 2.91. The molecule has 0 saturated carbocycles. The van der Waals surface area contributed by atoms with E-state index in [-0.39, 0.29) is 11.9 Å². The van der Waals surface area contributed by atoms with E-state index in [1.54, 1.807) is 11.3 Å². The number of rotatable bonds is 4. The predicted molar refractivity (Wildman–Crippen MR) is 90.3 cm³/mol. The van der Waals surface area contributed by atoms with Gasteiger partial charge in [0.15, 0.2) is 5.13 Å². The third kappa shape index (κ3) is 3.47. The maximum Gasteiger partial charge on any atom is 0.223 e. The molecule has 1 atom stereocenters. The highest BCUT2D eigenvalue weighted by molar-refractivity contribution is 7.13. The summed E-state index contributed by atoms with van der Waals surface area (Å²) in [4.78, 5) is 21.1. The summed E-state index contributed by atoms with van der Waals surface area (Å²) in [7, 11) is 0. The van der Waals surface area contributed by atoms with E-state index in [9.17, 15) is 4.79 Å². The van der Waals surface area contributed by atoms with Crippen molar-refractivity contribution in [1.29, 1.82) is 0 Å². The summed E-state index contributed by atoms with van der Waals surface area (Å²) in [6.45, 7) is 4.65. The Morgan fingerprint density at radius 1 is 1.32 bits per heavy atom. The number of amides is 1. The van der Waals surface area contributed by atoms with Crippen molar-refractivity contribution in [3.63, 3.8) is 0 Å². The summed E-state index contributed by atoms with van der Waals surface area (Å²) in [5.41, 5.74) is 1.23. The van der Waals surface area contributed by atoms with Crippen LogP contribution in [0, 0.1) is 0 Å². The number of benzene rings is 1. The van der Waals surface area contributed by atoms with Crippen LogP contribution in [0.5, 0.6) is 0 Å². The molecular formula is C17H21N3OS. The van der Waals surface area contributed by atoms with Crippen molar-refractivity contribution < 1.29 is 4.79 Å². The van der Waals surface area contributed by atoms with Gasteiger partial charge in [-0.15, -0.1) is 11.3 Å². The van der Waals surface area contributed by atoms with E-state index < -0.39 is 0 Å². The van der Waals surface area contributed by atoms with Gasteiger partial charge in [-0.2, -0.15) is 0 Å². The van der Waals surface area contributed by atoms with Gasteiger partial charge in [-0.05, 0) is 18.9 Å². The van der Waals surface area contributed by atoms with E-state index in [0.29, 0.717) is 6.42 Å². The molecule has 1 aliphatic heterocycles. The van der Waals surface area contributed by atoms with Gasteiger partial charge in [0.1, 0.15) is 0 Å². The zero-order valence-corrected chi connectivity index (χ0v) is 13.6. The fourth-order valence-corrected chi connectivity index (χ4v) is 3.59. The molecule has 5 heteroatoms. The minimum absolute atomic E-state index is 0.237. The number of piperazine rings is 1. The molecule has 1 aromatic heterocycles. The van der Waals surface area contributed by atoms with Crippen molar-refractivity contribution in [3.05, 3.63) is 47.5 Å². The summed E-state index contributed by atoms with van der Waals surface area (Å²) in [5, 5.41) is 3.06. The summed E-state index contributed by atoms with van der Waals surface area (Å²) in [6, 6.07) is 10.4. The van der Waals surface area contributed by atoms with Crippen LogP contribution in [0.25, 0.3) is 0 Å². The SMILES string of the molecule is C[C@H]1CN(c2nccs2)CCN1C(=O)CCc1ccccc1. The minimum atomic E-state index is 0.237. The molecule has 1 aliphatic rings. The molecule has 0 unspecified atom stereocenters. The number of aromatic nitrogens is 1. The number of hydrogen-bond donors (Lipinski definition) is 0. The molecule has 0 N–H and O–H groups in total. The zero-order chi connectivity index (χ0) is 15.4. The Labute approximate surface area is 135 Å². The molecule has 4 nitrogen and oxygen atoms in total. The van der Waals surface area contributed by atoms with Crippen molar-refractivity contribution in [2.75, 3.05) is 24.5 Å². The lowest BCUT2D eigenvalue weighted by Crippen LogP contribution is -2.54. The lowest BCUT2D eigenvalue weighted by atomic mass is 10.1. The Hall–Kier alpha value is -1.88. The third-order valence-electron chi connectivity index (χ3n) is 4.11. The van der Waals surface area contributed by atoms with Crippen LogP contribution in [0.15, 0.2) is 41.9 Å². The van der Waals surface area contributed by atoms with Gasteiger partial charge in [-0.1, -0.05) is 30.3 Å². The molecule has 0 aliphatic carbocycles. The number of aryl methyl sites for hydroxylation is 1. The second kappa shape index (κ2) is 6.92. The van der Waals surface area contributed by atoms with E-state index in [0.717, 1.165) is 31.2 Å². The number of anilines is 1. The van der Waals surface area contributed by atoms with Gasteiger partial charge >= 0.3 is 0 Å². The lowest BCUT2D eigenvalue weighted by Gasteiger charge is -2.39. The number of carbonyl (C=O) groups excluding carboxylic acids is 1. The van der Waals surface area contributed by atoms with Crippen LogP contribution in [-0.4, -0.2) is 41.5 Å². The van der Waals surface area contributed by atoms with Gasteiger partial charge in [0.05, 0.1) is 0 Å². The zero-order valence-electron chi connectivity index (χ0n) is 12.8. The van der Waals surface area contributed by atoms with Crippen LogP contribution in [-0.2, 0) is 11.2 Å². The van der Waals surface area contributed by atoms with Crippen molar-refractivity contribution in [3.8, 4) is 0 Å². The first-order valence-electron chi connectivity index (χ1n) is 7.72. The van der Waals surface area contributed by atoms with Crippen molar-refractivity contribution in [1.82, 2.24) is 9.88 Å². The van der Waals surface area contributed by atoms with Gasteiger partial charge in [-0.25, -0.2) is 4.98 Å². The van der Waals surface area contributed by atoms with Gasteiger partial charge < -0.3 is 9.80 Å². The first kappa shape index (κ1) is 15.0. The fraction of sp³-hybridized carbons (Fsp3) is 0.412. The first-order chi connectivity index (χ1) is 10.7. The third-order valence-corrected chi connectivity index (χ3v) is 4.94. The van der Waals surface area contributed by atoms with Crippen LogP contribution in [0.1, 0.15) is 18.9 Å². The molecule has 1 saturated heterocycles. The highest BCUT2D eigenvalue weighted by atomic mass is 32.1. The second-order valence-corrected chi connectivity index (χ2v) is 6.56. The monoisotopic (exact) mass is 315 g/mol. The highest BCUT2D eigenvalue weighted by Crippen LogP contribution is 2.21. The predicted octanol–water partition coefficient (Wildman–Crippen LogP) is 2.81. The van der Waals surface area contributed by atoms with Crippen LogP contribution in [0.3, 0.4) is 0 Å².